The van der Waals surface area contributed by atoms with E-state index in [2.05, 4.69) is 21.2 Å². The average molecular weight is 311 g/mol. The fourth-order valence-electron chi connectivity index (χ4n) is 2.21. The van der Waals surface area contributed by atoms with E-state index < -0.39 is 0 Å². The number of carbonyl (C=O) groups excluding carboxylic acids is 2. The summed E-state index contributed by atoms with van der Waals surface area (Å²) < 4.78 is 1.04. The van der Waals surface area contributed by atoms with E-state index in [-0.39, 0.29) is 11.8 Å². The average Bonchev–Trinajstić information content (AvgIpc) is 2.32. The number of carbonyl (C=O) groups is 2. The Morgan fingerprint density at radius 1 is 1.28 bits per heavy atom. The second-order valence-corrected chi connectivity index (χ2v) is 5.28. The molecule has 0 unspecified atom stereocenters. The predicted octanol–water partition coefficient (Wildman–Crippen LogP) is 2.31. The summed E-state index contributed by atoms with van der Waals surface area (Å²) in [5.41, 5.74) is 3.01. The number of halogens is 1. The Balaban J connectivity index is 2.41. The van der Waals surface area contributed by atoms with Crippen LogP contribution in [0.15, 0.2) is 16.6 Å². The van der Waals surface area contributed by atoms with Gasteiger partial charge in [0.1, 0.15) is 0 Å². The zero-order chi connectivity index (χ0) is 13.3. The first-order chi connectivity index (χ1) is 8.49. The molecular weight excluding hydrogens is 296 g/mol. The van der Waals surface area contributed by atoms with Crippen molar-refractivity contribution in [1.82, 2.24) is 4.90 Å². The molecule has 0 fully saturated rings. The van der Waals surface area contributed by atoms with E-state index in [0.29, 0.717) is 6.54 Å². The molecule has 18 heavy (non-hydrogen) atoms. The van der Waals surface area contributed by atoms with Crippen LogP contribution in [0.2, 0.25) is 0 Å². The number of rotatable bonds is 1. The molecule has 1 aliphatic rings. The minimum Gasteiger partial charge on any atom is -0.338 e. The molecule has 1 aromatic carbocycles. The summed E-state index contributed by atoms with van der Waals surface area (Å²) in [7, 11) is 0. The van der Waals surface area contributed by atoms with Crippen LogP contribution in [0.25, 0.3) is 0 Å². The molecule has 0 atom stereocenters. The molecule has 1 heterocycles. The lowest BCUT2D eigenvalue weighted by atomic mass is 9.98. The lowest BCUT2D eigenvalue weighted by Crippen LogP contribution is -2.35. The van der Waals surface area contributed by atoms with Gasteiger partial charge in [0.25, 0.3) is 0 Å². The van der Waals surface area contributed by atoms with Crippen molar-refractivity contribution >= 4 is 33.4 Å². The molecule has 2 rings (SSSR count). The molecule has 0 spiro atoms. The van der Waals surface area contributed by atoms with Crippen molar-refractivity contribution < 1.29 is 9.59 Å². The van der Waals surface area contributed by atoms with Gasteiger partial charge in [0, 0.05) is 37.1 Å². The first-order valence-electron chi connectivity index (χ1n) is 5.82. The highest BCUT2D eigenvalue weighted by Gasteiger charge is 2.22. The van der Waals surface area contributed by atoms with Crippen LogP contribution in [0, 0.1) is 0 Å². The molecule has 1 aliphatic heterocycles. The quantitative estimate of drug-likeness (QED) is 0.865. The topological polar surface area (TPSA) is 49.4 Å². The second-order valence-electron chi connectivity index (χ2n) is 4.42. The fraction of sp³-hybridized carbons (Fsp3) is 0.385. The molecule has 0 aromatic heterocycles. The van der Waals surface area contributed by atoms with Crippen LogP contribution in [-0.4, -0.2) is 23.3 Å². The van der Waals surface area contributed by atoms with E-state index in [4.69, 9.17) is 0 Å². The summed E-state index contributed by atoms with van der Waals surface area (Å²) in [5.74, 6) is -0.0335. The van der Waals surface area contributed by atoms with Gasteiger partial charge in [-0.25, -0.2) is 0 Å². The highest BCUT2D eigenvalue weighted by atomic mass is 79.9. The van der Waals surface area contributed by atoms with Gasteiger partial charge in [-0.1, -0.05) is 15.9 Å². The Morgan fingerprint density at radius 2 is 2.00 bits per heavy atom. The van der Waals surface area contributed by atoms with Gasteiger partial charge in [-0.2, -0.15) is 0 Å². The van der Waals surface area contributed by atoms with Gasteiger partial charge in [0.05, 0.1) is 0 Å². The smallest absolute Gasteiger partial charge is 0.221 e. The third kappa shape index (κ3) is 2.56. The Hall–Kier alpha value is -1.36. The summed E-state index contributed by atoms with van der Waals surface area (Å²) in [4.78, 5) is 24.4. The summed E-state index contributed by atoms with van der Waals surface area (Å²) in [5, 5.41) is 2.82. The van der Waals surface area contributed by atoms with Crippen molar-refractivity contribution in [2.75, 3.05) is 11.9 Å². The number of nitrogens with zero attached hydrogens (tertiary/aromatic N) is 1. The van der Waals surface area contributed by atoms with Crippen LogP contribution in [0.5, 0.6) is 0 Å². The lowest BCUT2D eigenvalue weighted by Gasteiger charge is -2.30. The molecule has 0 saturated heterocycles. The van der Waals surface area contributed by atoms with Gasteiger partial charge in [-0.15, -0.1) is 0 Å². The van der Waals surface area contributed by atoms with Gasteiger partial charge in [-0.05, 0) is 29.7 Å². The Kier molecular flexibility index (Phi) is 3.71. The van der Waals surface area contributed by atoms with Crippen molar-refractivity contribution in [3.8, 4) is 0 Å². The standard InChI is InChI=1S/C13H15BrN2O2/c1-8(17)15-13-4-3-12(14)10-5-6-16(9(2)18)7-11(10)13/h3-4H,5-7H2,1-2H3,(H,15,17). The van der Waals surface area contributed by atoms with Gasteiger partial charge >= 0.3 is 0 Å². The molecule has 1 N–H and O–H groups in total. The van der Waals surface area contributed by atoms with Crippen LogP contribution in [0.4, 0.5) is 5.69 Å². The Morgan fingerprint density at radius 3 is 2.61 bits per heavy atom. The van der Waals surface area contributed by atoms with Crippen LogP contribution >= 0.6 is 15.9 Å². The highest BCUT2D eigenvalue weighted by Crippen LogP contribution is 2.32. The van der Waals surface area contributed by atoms with Crippen molar-refractivity contribution in [2.24, 2.45) is 0 Å². The maximum Gasteiger partial charge on any atom is 0.221 e. The second kappa shape index (κ2) is 5.10. The van der Waals surface area contributed by atoms with Crippen molar-refractivity contribution in [2.45, 2.75) is 26.8 Å². The normalized spacial score (nSPS) is 14.1. The van der Waals surface area contributed by atoms with E-state index in [9.17, 15) is 9.59 Å². The third-order valence-electron chi connectivity index (χ3n) is 3.11. The van der Waals surface area contributed by atoms with Gasteiger partial charge in [0.15, 0.2) is 0 Å². The first kappa shape index (κ1) is 13.1. The zero-order valence-corrected chi connectivity index (χ0v) is 12.0. The number of amides is 2. The van der Waals surface area contributed by atoms with Gasteiger partial charge in [0.2, 0.25) is 11.8 Å². The zero-order valence-electron chi connectivity index (χ0n) is 10.4. The van der Waals surface area contributed by atoms with Gasteiger partial charge in [-0.3, -0.25) is 9.59 Å². The van der Waals surface area contributed by atoms with E-state index in [1.807, 2.05) is 12.1 Å². The number of benzene rings is 1. The van der Waals surface area contributed by atoms with Crippen molar-refractivity contribution in [3.63, 3.8) is 0 Å². The van der Waals surface area contributed by atoms with E-state index >= 15 is 0 Å². The first-order valence-corrected chi connectivity index (χ1v) is 6.61. The third-order valence-corrected chi connectivity index (χ3v) is 3.85. The molecule has 5 heteroatoms. The number of hydrogen-bond acceptors (Lipinski definition) is 2. The largest absolute Gasteiger partial charge is 0.338 e. The van der Waals surface area contributed by atoms with Crippen LogP contribution < -0.4 is 5.32 Å². The maximum atomic E-state index is 11.5. The molecule has 0 bridgehead atoms. The van der Waals surface area contributed by atoms with E-state index in [1.54, 1.807) is 11.8 Å². The predicted molar refractivity (Wildman–Crippen MR) is 73.2 cm³/mol. The molecule has 2 amide bonds. The number of nitrogens with one attached hydrogen (secondary N) is 1. The number of hydrogen-bond donors (Lipinski definition) is 1. The monoisotopic (exact) mass is 310 g/mol. The minimum absolute atomic E-state index is 0.0643. The van der Waals surface area contributed by atoms with E-state index in [0.717, 1.165) is 28.7 Å². The van der Waals surface area contributed by atoms with Crippen LogP contribution in [-0.2, 0) is 22.6 Å². The summed E-state index contributed by atoms with van der Waals surface area (Å²) >= 11 is 3.52. The lowest BCUT2D eigenvalue weighted by molar-refractivity contribution is -0.129. The molecule has 0 saturated carbocycles. The number of fused-ring (bicyclic) bond motifs is 1. The minimum atomic E-state index is -0.0977. The molecular formula is C13H15BrN2O2. The van der Waals surface area contributed by atoms with E-state index in [1.165, 1.54) is 12.5 Å². The van der Waals surface area contributed by atoms with Gasteiger partial charge < -0.3 is 10.2 Å². The molecule has 0 radical (unpaired) electrons. The maximum absolute atomic E-state index is 11.5. The van der Waals surface area contributed by atoms with Crippen molar-refractivity contribution in [3.05, 3.63) is 27.7 Å². The van der Waals surface area contributed by atoms with Crippen molar-refractivity contribution in [1.29, 1.82) is 0 Å². The van der Waals surface area contributed by atoms with Crippen LogP contribution in [0.3, 0.4) is 0 Å². The fourth-order valence-corrected chi connectivity index (χ4v) is 2.78. The summed E-state index contributed by atoms with van der Waals surface area (Å²) in [6.45, 7) is 4.34. The molecule has 4 nitrogen and oxygen atoms in total. The Bertz CT molecular complexity index is 514. The highest BCUT2D eigenvalue weighted by molar-refractivity contribution is 9.10. The van der Waals surface area contributed by atoms with Crippen LogP contribution in [0.1, 0.15) is 25.0 Å². The molecule has 0 aliphatic carbocycles. The SMILES string of the molecule is CC(=O)Nc1ccc(Br)c2c1CN(C(C)=O)CC2. The summed E-state index contributed by atoms with van der Waals surface area (Å²) in [6.07, 6.45) is 0.808. The molecule has 1 aromatic rings. The Labute approximate surface area is 114 Å². The number of anilines is 1. The molecule has 96 valence electrons. The summed E-state index contributed by atoms with van der Waals surface area (Å²) in [6, 6.07) is 3.81.